The normalized spacial score (nSPS) is 10.4. The first-order valence-electron chi connectivity index (χ1n) is 7.48. The minimum atomic E-state index is -0.522. The Labute approximate surface area is 164 Å². The van der Waals surface area contributed by atoms with Crippen molar-refractivity contribution in [2.45, 2.75) is 0 Å². The van der Waals surface area contributed by atoms with Crippen LogP contribution in [0.1, 0.15) is 10.4 Å². The van der Waals surface area contributed by atoms with Crippen molar-refractivity contribution >= 4 is 62.9 Å². The van der Waals surface area contributed by atoms with Crippen LogP contribution in [-0.2, 0) is 0 Å². The monoisotopic (exact) mass is 405 g/mol. The summed E-state index contributed by atoms with van der Waals surface area (Å²) in [6.45, 7) is 0. The minimum absolute atomic E-state index is 0.119. The summed E-state index contributed by atoms with van der Waals surface area (Å²) in [6, 6.07) is 15.5. The molecule has 0 aliphatic carbocycles. The number of phenolic OH excluding ortho intramolecular Hbond substituents is 1. The van der Waals surface area contributed by atoms with E-state index >= 15 is 0 Å². The molecule has 26 heavy (non-hydrogen) atoms. The summed E-state index contributed by atoms with van der Waals surface area (Å²) in [7, 11) is 0. The fraction of sp³-hybridized carbons (Fsp3) is 0. The van der Waals surface area contributed by atoms with Gasteiger partial charge in [0.2, 0.25) is 0 Å². The third kappa shape index (κ3) is 4.16. The molecule has 0 fully saturated rings. The SMILES string of the molecule is O=C(NNC(=S)Nc1ccc(Cl)c(Cl)c1)c1cc2ccccc2cc1O. The summed E-state index contributed by atoms with van der Waals surface area (Å²) < 4.78 is 0. The van der Waals surface area contributed by atoms with Gasteiger partial charge in [-0.05, 0) is 53.3 Å². The molecule has 0 heterocycles. The van der Waals surface area contributed by atoms with Crippen LogP contribution < -0.4 is 16.2 Å². The maximum absolute atomic E-state index is 12.3. The molecule has 5 nitrogen and oxygen atoms in total. The molecule has 0 spiro atoms. The van der Waals surface area contributed by atoms with E-state index in [9.17, 15) is 9.90 Å². The Morgan fingerprint density at radius 3 is 2.31 bits per heavy atom. The molecule has 1 amide bonds. The molecule has 0 bridgehead atoms. The number of hydrazine groups is 1. The Balaban J connectivity index is 1.65. The number of anilines is 1. The average molecular weight is 406 g/mol. The Hall–Kier alpha value is -2.54. The zero-order valence-corrected chi connectivity index (χ0v) is 15.5. The quantitative estimate of drug-likeness (QED) is 0.373. The van der Waals surface area contributed by atoms with Gasteiger partial charge in [-0.1, -0.05) is 47.5 Å². The first-order valence-corrected chi connectivity index (χ1v) is 8.64. The lowest BCUT2D eigenvalue weighted by Crippen LogP contribution is -2.43. The zero-order chi connectivity index (χ0) is 18.7. The lowest BCUT2D eigenvalue weighted by Gasteiger charge is -2.13. The molecule has 3 aromatic rings. The van der Waals surface area contributed by atoms with Crippen LogP contribution in [0.15, 0.2) is 54.6 Å². The molecular formula is C18H13Cl2N3O2S. The van der Waals surface area contributed by atoms with E-state index in [2.05, 4.69) is 16.2 Å². The third-order valence-corrected chi connectivity index (χ3v) is 4.52. The van der Waals surface area contributed by atoms with E-state index in [1.807, 2.05) is 24.3 Å². The smallest absolute Gasteiger partial charge is 0.273 e. The molecule has 0 atom stereocenters. The Kier molecular flexibility index (Phi) is 5.46. The van der Waals surface area contributed by atoms with E-state index in [1.54, 1.807) is 24.3 Å². The van der Waals surface area contributed by atoms with Crippen molar-refractivity contribution in [1.29, 1.82) is 0 Å². The van der Waals surface area contributed by atoms with Crippen LogP contribution in [0.5, 0.6) is 5.75 Å². The van der Waals surface area contributed by atoms with Gasteiger partial charge in [0.05, 0.1) is 15.6 Å². The molecule has 3 rings (SSSR count). The lowest BCUT2D eigenvalue weighted by atomic mass is 10.1. The molecule has 0 unspecified atom stereocenters. The number of carbonyl (C=O) groups is 1. The van der Waals surface area contributed by atoms with Crippen LogP contribution in [0.3, 0.4) is 0 Å². The summed E-state index contributed by atoms with van der Waals surface area (Å²) in [5.74, 6) is -0.641. The Bertz CT molecular complexity index is 1010. The maximum atomic E-state index is 12.3. The number of carbonyl (C=O) groups excluding carboxylic acids is 1. The highest BCUT2D eigenvalue weighted by Crippen LogP contribution is 2.25. The fourth-order valence-corrected chi connectivity index (χ4v) is 2.79. The van der Waals surface area contributed by atoms with Crippen molar-refractivity contribution in [3.63, 3.8) is 0 Å². The lowest BCUT2D eigenvalue weighted by molar-refractivity contribution is 0.0941. The molecule has 0 aliphatic rings. The molecule has 3 aromatic carbocycles. The van der Waals surface area contributed by atoms with Crippen LogP contribution in [0, 0.1) is 0 Å². The van der Waals surface area contributed by atoms with Crippen molar-refractivity contribution in [2.75, 3.05) is 5.32 Å². The topological polar surface area (TPSA) is 73.4 Å². The largest absolute Gasteiger partial charge is 0.507 e. The molecule has 0 radical (unpaired) electrons. The summed E-state index contributed by atoms with van der Waals surface area (Å²) >= 11 is 16.9. The molecule has 0 saturated heterocycles. The second kappa shape index (κ2) is 7.78. The van der Waals surface area contributed by atoms with Crippen molar-refractivity contribution in [2.24, 2.45) is 0 Å². The van der Waals surface area contributed by atoms with Gasteiger partial charge >= 0.3 is 0 Å². The van der Waals surface area contributed by atoms with Gasteiger partial charge in [0.15, 0.2) is 5.11 Å². The van der Waals surface area contributed by atoms with E-state index in [1.165, 1.54) is 6.07 Å². The number of fused-ring (bicyclic) bond motifs is 1. The minimum Gasteiger partial charge on any atom is -0.507 e. The predicted molar refractivity (Wildman–Crippen MR) is 109 cm³/mol. The number of aromatic hydroxyl groups is 1. The number of hydrogen-bond donors (Lipinski definition) is 4. The van der Waals surface area contributed by atoms with Crippen molar-refractivity contribution in [3.05, 3.63) is 70.2 Å². The molecule has 0 aliphatic heterocycles. The van der Waals surface area contributed by atoms with Gasteiger partial charge in [-0.15, -0.1) is 0 Å². The first kappa shape index (κ1) is 18.3. The molecule has 0 aromatic heterocycles. The molecule has 0 saturated carbocycles. The molecule has 132 valence electrons. The highest BCUT2D eigenvalue weighted by molar-refractivity contribution is 7.80. The van der Waals surface area contributed by atoms with Crippen LogP contribution in [0.4, 0.5) is 5.69 Å². The number of nitrogens with one attached hydrogen (secondary N) is 3. The van der Waals surface area contributed by atoms with Crippen molar-refractivity contribution in [3.8, 4) is 5.75 Å². The van der Waals surface area contributed by atoms with Gasteiger partial charge in [-0.2, -0.15) is 0 Å². The van der Waals surface area contributed by atoms with Gasteiger partial charge < -0.3 is 10.4 Å². The Morgan fingerprint density at radius 2 is 1.62 bits per heavy atom. The van der Waals surface area contributed by atoms with Crippen molar-refractivity contribution < 1.29 is 9.90 Å². The van der Waals surface area contributed by atoms with E-state index in [-0.39, 0.29) is 16.4 Å². The molecular weight excluding hydrogens is 393 g/mol. The number of hydrogen-bond acceptors (Lipinski definition) is 3. The maximum Gasteiger partial charge on any atom is 0.273 e. The van der Waals surface area contributed by atoms with Crippen LogP contribution in [-0.4, -0.2) is 16.1 Å². The second-order valence-corrected chi connectivity index (χ2v) is 6.60. The van der Waals surface area contributed by atoms with E-state index in [4.69, 9.17) is 35.4 Å². The number of halogens is 2. The Morgan fingerprint density at radius 1 is 0.923 bits per heavy atom. The summed E-state index contributed by atoms with van der Waals surface area (Å²) in [5.41, 5.74) is 5.75. The summed E-state index contributed by atoms with van der Waals surface area (Å²) in [4.78, 5) is 12.3. The molecule has 8 heteroatoms. The molecule has 4 N–H and O–H groups in total. The number of benzene rings is 3. The third-order valence-electron chi connectivity index (χ3n) is 3.58. The van der Waals surface area contributed by atoms with Crippen LogP contribution in [0.2, 0.25) is 10.0 Å². The average Bonchev–Trinajstić information content (AvgIpc) is 2.62. The summed E-state index contributed by atoms with van der Waals surface area (Å²) in [5, 5.41) is 15.6. The van der Waals surface area contributed by atoms with Crippen molar-refractivity contribution in [1.82, 2.24) is 10.9 Å². The van der Waals surface area contributed by atoms with E-state index < -0.39 is 5.91 Å². The zero-order valence-electron chi connectivity index (χ0n) is 13.2. The van der Waals surface area contributed by atoms with Gasteiger partial charge in [-0.25, -0.2) is 0 Å². The van der Waals surface area contributed by atoms with Crippen LogP contribution >= 0.6 is 35.4 Å². The fourth-order valence-electron chi connectivity index (χ4n) is 2.33. The standard InChI is InChI=1S/C18H13Cl2N3O2S/c19-14-6-5-12(9-15(14)20)21-18(26)23-22-17(25)13-7-10-3-1-2-4-11(10)8-16(13)24/h1-9,24H,(H,22,25)(H2,21,23,26). The number of phenols is 1. The van der Waals surface area contributed by atoms with Gasteiger partial charge in [-0.3, -0.25) is 15.6 Å². The predicted octanol–water partition coefficient (Wildman–Crippen LogP) is 4.48. The highest BCUT2D eigenvalue weighted by Gasteiger charge is 2.12. The van der Waals surface area contributed by atoms with Gasteiger partial charge in [0, 0.05) is 5.69 Å². The van der Waals surface area contributed by atoms with Gasteiger partial charge in [0.1, 0.15) is 5.75 Å². The number of amides is 1. The first-order chi connectivity index (χ1) is 12.4. The second-order valence-electron chi connectivity index (χ2n) is 5.38. The highest BCUT2D eigenvalue weighted by atomic mass is 35.5. The number of thiocarbonyl (C=S) groups is 1. The number of rotatable bonds is 2. The van der Waals surface area contributed by atoms with E-state index in [0.717, 1.165) is 10.8 Å². The van der Waals surface area contributed by atoms with Gasteiger partial charge in [0.25, 0.3) is 5.91 Å². The van der Waals surface area contributed by atoms with Crippen LogP contribution in [0.25, 0.3) is 10.8 Å². The van der Waals surface area contributed by atoms with E-state index in [0.29, 0.717) is 15.7 Å². The summed E-state index contributed by atoms with van der Waals surface area (Å²) in [6.07, 6.45) is 0.